The number of carbonyl (C=O) groups is 1. The van der Waals surface area contributed by atoms with E-state index >= 15 is 0 Å². The van der Waals surface area contributed by atoms with E-state index in [1.54, 1.807) is 0 Å². The molecule has 0 bridgehead atoms. The molecule has 0 aliphatic rings. The first kappa shape index (κ1) is 42.5. The van der Waals surface area contributed by atoms with Crippen molar-refractivity contribution in [3.63, 3.8) is 0 Å². The fourth-order valence-corrected chi connectivity index (χ4v) is 6.19. The topological polar surface area (TPSA) is 131 Å². The number of carbonyl (C=O) groups excluding carboxylic acids is 1. The van der Waals surface area contributed by atoms with Crippen LogP contribution in [0.4, 0.5) is 0 Å². The molecule has 1 amide bonds. The van der Waals surface area contributed by atoms with E-state index in [2.05, 4.69) is 19.2 Å². The van der Waals surface area contributed by atoms with Gasteiger partial charge in [0.05, 0.1) is 25.4 Å². The van der Waals surface area contributed by atoms with Crippen molar-refractivity contribution in [1.82, 2.24) is 5.32 Å². The molecule has 3 unspecified atom stereocenters. The number of amides is 1. The highest BCUT2D eigenvalue weighted by atomic mass is 31.2. The number of phosphoric acid groups is 1. The van der Waals surface area contributed by atoms with Crippen molar-refractivity contribution in [2.45, 2.75) is 193 Å². The van der Waals surface area contributed by atoms with E-state index < -0.39 is 20.0 Å². The zero-order chi connectivity index (χ0) is 31.9. The van der Waals surface area contributed by atoms with Gasteiger partial charge in [-0.15, -0.1) is 0 Å². The molecule has 0 saturated heterocycles. The SMILES string of the molecule is CCCCCCCCCCCCCCCCCC(=O)NC(COP(=O)(O)OCCN)C(O)CCCCCCCCCCC. The summed E-state index contributed by atoms with van der Waals surface area (Å²) in [4.78, 5) is 22.5. The molecule has 5 N–H and O–H groups in total. The van der Waals surface area contributed by atoms with Crippen LogP contribution in [0.3, 0.4) is 0 Å². The molecule has 0 rings (SSSR count). The molecule has 0 aliphatic carbocycles. The summed E-state index contributed by atoms with van der Waals surface area (Å²) in [6, 6.07) is -0.764. The molecule has 0 aromatic carbocycles. The molecule has 9 heteroatoms. The molecular weight excluding hydrogens is 563 g/mol. The highest BCUT2D eigenvalue weighted by molar-refractivity contribution is 7.47. The second-order valence-electron chi connectivity index (χ2n) is 12.4. The molecule has 258 valence electrons. The van der Waals surface area contributed by atoms with Crippen LogP contribution in [0.15, 0.2) is 0 Å². The summed E-state index contributed by atoms with van der Waals surface area (Å²) in [5.41, 5.74) is 5.35. The minimum atomic E-state index is -4.29. The molecule has 0 aromatic rings. The maximum atomic E-state index is 12.7. The predicted octanol–water partition coefficient (Wildman–Crippen LogP) is 9.11. The van der Waals surface area contributed by atoms with Gasteiger partial charge in [0.2, 0.25) is 5.91 Å². The minimum absolute atomic E-state index is 0.0918. The van der Waals surface area contributed by atoms with Crippen molar-refractivity contribution in [3.05, 3.63) is 0 Å². The second-order valence-corrected chi connectivity index (χ2v) is 13.9. The van der Waals surface area contributed by atoms with E-state index in [0.29, 0.717) is 12.8 Å². The normalized spacial score (nSPS) is 14.4. The largest absolute Gasteiger partial charge is 0.472 e. The summed E-state index contributed by atoms with van der Waals surface area (Å²) in [7, 11) is -4.29. The van der Waals surface area contributed by atoms with Crippen LogP contribution >= 0.6 is 7.82 Å². The third kappa shape index (κ3) is 29.9. The monoisotopic (exact) mass is 635 g/mol. The van der Waals surface area contributed by atoms with Crippen LogP contribution in [0.5, 0.6) is 0 Å². The number of rotatable bonds is 34. The lowest BCUT2D eigenvalue weighted by atomic mass is 10.0. The summed E-state index contributed by atoms with van der Waals surface area (Å²) in [6.45, 7) is 4.18. The zero-order valence-corrected chi connectivity index (χ0v) is 29.1. The van der Waals surface area contributed by atoms with Crippen molar-refractivity contribution in [2.24, 2.45) is 5.73 Å². The Labute approximate surface area is 265 Å². The molecule has 43 heavy (non-hydrogen) atoms. The summed E-state index contributed by atoms with van der Waals surface area (Å²) in [5.74, 6) is -0.162. The van der Waals surface area contributed by atoms with E-state index in [0.717, 1.165) is 38.5 Å². The average Bonchev–Trinajstić information content (AvgIpc) is 2.99. The number of nitrogens with two attached hydrogens (primary N) is 1. The number of nitrogens with one attached hydrogen (secondary N) is 1. The summed E-state index contributed by atoms with van der Waals surface area (Å²) in [6.07, 6.45) is 29.6. The molecule has 0 saturated carbocycles. The van der Waals surface area contributed by atoms with Gasteiger partial charge in [-0.1, -0.05) is 162 Å². The number of hydrogen-bond acceptors (Lipinski definition) is 6. The third-order valence-corrected chi connectivity index (χ3v) is 9.20. The fourth-order valence-electron chi connectivity index (χ4n) is 5.43. The van der Waals surface area contributed by atoms with Crippen molar-refractivity contribution < 1.29 is 28.4 Å². The minimum Gasteiger partial charge on any atom is -0.391 e. The first-order chi connectivity index (χ1) is 20.9. The molecule has 0 aromatic heterocycles. The molecule has 3 atom stereocenters. The number of hydrogen-bond donors (Lipinski definition) is 4. The van der Waals surface area contributed by atoms with Crippen molar-refractivity contribution in [3.8, 4) is 0 Å². The van der Waals surface area contributed by atoms with Crippen molar-refractivity contribution in [1.29, 1.82) is 0 Å². The Hall–Kier alpha value is -0.500. The van der Waals surface area contributed by atoms with Gasteiger partial charge in [0.25, 0.3) is 0 Å². The third-order valence-electron chi connectivity index (χ3n) is 8.21. The van der Waals surface area contributed by atoms with Gasteiger partial charge in [0.15, 0.2) is 0 Å². The molecular formula is C34H71N2O6P. The van der Waals surface area contributed by atoms with Gasteiger partial charge in [0, 0.05) is 13.0 Å². The van der Waals surface area contributed by atoms with Crippen LogP contribution in [0.25, 0.3) is 0 Å². The first-order valence-electron chi connectivity index (χ1n) is 18.2. The van der Waals surface area contributed by atoms with E-state index in [9.17, 15) is 19.4 Å². The molecule has 0 fully saturated rings. The maximum Gasteiger partial charge on any atom is 0.472 e. The van der Waals surface area contributed by atoms with Gasteiger partial charge in [0.1, 0.15) is 0 Å². The van der Waals surface area contributed by atoms with Gasteiger partial charge in [-0.2, -0.15) is 0 Å². The number of phosphoric ester groups is 1. The standard InChI is InChI=1S/C34H71N2O6P/c1-3-5-7-9-11-13-14-15-16-17-18-20-22-24-26-28-34(38)36-32(31-42-43(39,40)41-30-29-35)33(37)27-25-23-21-19-12-10-8-6-4-2/h32-33,37H,3-31,35H2,1-2H3,(H,36,38)(H,39,40). The summed E-state index contributed by atoms with van der Waals surface area (Å²) in [5, 5.41) is 13.7. The van der Waals surface area contributed by atoms with Gasteiger partial charge in [-0.05, 0) is 12.8 Å². The van der Waals surface area contributed by atoms with Crippen LogP contribution < -0.4 is 11.1 Å². The molecule has 0 aliphatic heterocycles. The lowest BCUT2D eigenvalue weighted by Gasteiger charge is -2.25. The van der Waals surface area contributed by atoms with Gasteiger partial charge >= 0.3 is 7.82 Å². The van der Waals surface area contributed by atoms with Gasteiger partial charge in [-0.3, -0.25) is 13.8 Å². The molecule has 0 heterocycles. The quantitative estimate of drug-likeness (QED) is 0.0410. The summed E-state index contributed by atoms with van der Waals surface area (Å²) >= 11 is 0. The van der Waals surface area contributed by atoms with Crippen molar-refractivity contribution in [2.75, 3.05) is 19.8 Å². The van der Waals surface area contributed by atoms with Crippen LogP contribution in [-0.4, -0.2) is 47.8 Å². The Bertz CT molecular complexity index is 654. The second kappa shape index (κ2) is 31.5. The number of aliphatic hydroxyl groups excluding tert-OH is 1. The van der Waals surface area contributed by atoms with Crippen molar-refractivity contribution >= 4 is 13.7 Å². The Kier molecular flexibility index (Phi) is 31.1. The van der Waals surface area contributed by atoms with Gasteiger partial charge < -0.3 is 21.1 Å². The van der Waals surface area contributed by atoms with Gasteiger partial charge in [-0.25, -0.2) is 4.57 Å². The Morgan fingerprint density at radius 1 is 0.674 bits per heavy atom. The van der Waals surface area contributed by atoms with Crippen LogP contribution in [-0.2, 0) is 18.4 Å². The Balaban J connectivity index is 4.19. The highest BCUT2D eigenvalue weighted by Gasteiger charge is 2.27. The highest BCUT2D eigenvalue weighted by Crippen LogP contribution is 2.43. The number of unbranched alkanes of at least 4 members (excludes halogenated alkanes) is 22. The van der Waals surface area contributed by atoms with E-state index in [-0.39, 0.29) is 25.7 Å². The first-order valence-corrected chi connectivity index (χ1v) is 19.6. The van der Waals surface area contributed by atoms with E-state index in [4.69, 9.17) is 14.8 Å². The van der Waals surface area contributed by atoms with E-state index in [1.165, 1.54) is 116 Å². The smallest absolute Gasteiger partial charge is 0.391 e. The lowest BCUT2D eigenvalue weighted by Crippen LogP contribution is -2.46. The van der Waals surface area contributed by atoms with Crippen LogP contribution in [0.1, 0.15) is 181 Å². The maximum absolute atomic E-state index is 12.7. The lowest BCUT2D eigenvalue weighted by molar-refractivity contribution is -0.123. The number of aliphatic hydroxyl groups is 1. The fraction of sp³-hybridized carbons (Fsp3) is 0.971. The Morgan fingerprint density at radius 2 is 1.07 bits per heavy atom. The average molecular weight is 635 g/mol. The van der Waals surface area contributed by atoms with E-state index in [1.807, 2.05) is 0 Å². The van der Waals surface area contributed by atoms with Crippen LogP contribution in [0.2, 0.25) is 0 Å². The van der Waals surface area contributed by atoms with Crippen LogP contribution in [0, 0.1) is 0 Å². The predicted molar refractivity (Wildman–Crippen MR) is 180 cm³/mol. The molecule has 8 nitrogen and oxygen atoms in total. The molecule has 0 radical (unpaired) electrons. The molecule has 0 spiro atoms. The Morgan fingerprint density at radius 3 is 1.49 bits per heavy atom. The summed E-state index contributed by atoms with van der Waals surface area (Å²) < 4.78 is 22.0. The zero-order valence-electron chi connectivity index (χ0n) is 28.2.